The van der Waals surface area contributed by atoms with E-state index in [1.165, 1.54) is 5.56 Å². The minimum absolute atomic E-state index is 0.209. The molecule has 1 saturated heterocycles. The van der Waals surface area contributed by atoms with Gasteiger partial charge in [-0.05, 0) is 30.0 Å². The zero-order valence-electron chi connectivity index (χ0n) is 12.7. The Balaban J connectivity index is 2.00. The van der Waals surface area contributed by atoms with Crippen LogP contribution in [0, 0.1) is 5.92 Å². The summed E-state index contributed by atoms with van der Waals surface area (Å²) < 4.78 is 0.449. The molecule has 2 N–H and O–H groups in total. The van der Waals surface area contributed by atoms with Gasteiger partial charge in [0.05, 0.1) is 4.58 Å². The third-order valence-corrected chi connectivity index (χ3v) is 6.48. The van der Waals surface area contributed by atoms with E-state index in [2.05, 4.69) is 5.32 Å². The minimum Gasteiger partial charge on any atom is -0.480 e. The predicted molar refractivity (Wildman–Crippen MR) is 92.4 cm³/mol. The Hall–Kier alpha value is -1.14. The molecule has 1 heterocycles. The lowest BCUT2D eigenvalue weighted by molar-refractivity contribution is -0.139. The summed E-state index contributed by atoms with van der Waals surface area (Å²) >= 11 is 3.83. The molecule has 0 aromatic heterocycles. The van der Waals surface area contributed by atoms with Gasteiger partial charge in [0.1, 0.15) is 6.04 Å². The molecular weight excluding hydrogens is 318 g/mol. The normalized spacial score (nSPS) is 16.7. The lowest BCUT2D eigenvalue weighted by atomic mass is 10.0. The lowest BCUT2D eigenvalue weighted by Crippen LogP contribution is -2.41. The summed E-state index contributed by atoms with van der Waals surface area (Å²) in [6.07, 6.45) is 0.425. The Morgan fingerprint density at radius 3 is 2.32 bits per heavy atom. The van der Waals surface area contributed by atoms with Gasteiger partial charge in [-0.25, -0.2) is 4.79 Å². The average molecular weight is 339 g/mol. The van der Waals surface area contributed by atoms with Crippen LogP contribution in [0.25, 0.3) is 0 Å². The molecule has 0 spiro atoms. The van der Waals surface area contributed by atoms with E-state index in [1.54, 1.807) is 12.1 Å². The van der Waals surface area contributed by atoms with Crippen molar-refractivity contribution >= 4 is 35.4 Å². The van der Waals surface area contributed by atoms with Crippen LogP contribution in [0.15, 0.2) is 24.3 Å². The molecule has 1 aliphatic rings. The van der Waals surface area contributed by atoms with Crippen LogP contribution in [0.1, 0.15) is 40.8 Å². The molecule has 1 fully saturated rings. The molecule has 1 atom stereocenters. The Morgan fingerprint density at radius 1 is 1.23 bits per heavy atom. The van der Waals surface area contributed by atoms with Gasteiger partial charge in [-0.2, -0.15) is 0 Å². The van der Waals surface area contributed by atoms with E-state index in [1.807, 2.05) is 49.5 Å². The number of rotatable bonds is 6. The second-order valence-corrected chi connectivity index (χ2v) is 8.41. The molecule has 22 heavy (non-hydrogen) atoms. The fraction of sp³-hybridized carbons (Fsp3) is 0.500. The number of amides is 1. The molecule has 0 aliphatic carbocycles. The van der Waals surface area contributed by atoms with Gasteiger partial charge in [0.15, 0.2) is 0 Å². The second-order valence-electron chi connectivity index (χ2n) is 5.69. The Morgan fingerprint density at radius 2 is 1.82 bits per heavy atom. The van der Waals surface area contributed by atoms with Crippen LogP contribution in [0.2, 0.25) is 0 Å². The molecule has 4 nitrogen and oxygen atoms in total. The van der Waals surface area contributed by atoms with Crippen molar-refractivity contribution in [3.8, 4) is 0 Å². The van der Waals surface area contributed by atoms with E-state index in [0.29, 0.717) is 16.6 Å². The molecule has 0 radical (unpaired) electrons. The number of carbonyl (C=O) groups excluding carboxylic acids is 1. The summed E-state index contributed by atoms with van der Waals surface area (Å²) in [5.74, 6) is 1.21. The van der Waals surface area contributed by atoms with Crippen LogP contribution in [-0.4, -0.2) is 34.5 Å². The van der Waals surface area contributed by atoms with Gasteiger partial charge in [-0.1, -0.05) is 26.0 Å². The number of thioether (sulfide) groups is 2. The first-order valence-corrected chi connectivity index (χ1v) is 9.44. The van der Waals surface area contributed by atoms with Crippen LogP contribution in [-0.2, 0) is 4.79 Å². The number of aliphatic carboxylic acids is 1. The van der Waals surface area contributed by atoms with Crippen LogP contribution < -0.4 is 5.32 Å². The van der Waals surface area contributed by atoms with Crippen molar-refractivity contribution in [2.45, 2.75) is 30.9 Å². The Bertz CT molecular complexity index is 525. The SMILES string of the molecule is CC(C)CC(NC(=O)c1ccc(C2SCCS2)cc1)C(=O)O. The van der Waals surface area contributed by atoms with Gasteiger partial charge in [0, 0.05) is 17.1 Å². The number of hydrogen-bond donors (Lipinski definition) is 2. The summed E-state index contributed by atoms with van der Waals surface area (Å²) in [4.78, 5) is 23.4. The first-order chi connectivity index (χ1) is 10.5. The monoisotopic (exact) mass is 339 g/mol. The quantitative estimate of drug-likeness (QED) is 0.831. The zero-order chi connectivity index (χ0) is 16.1. The van der Waals surface area contributed by atoms with Crippen LogP contribution in [0.3, 0.4) is 0 Å². The molecule has 1 aromatic carbocycles. The van der Waals surface area contributed by atoms with Gasteiger partial charge < -0.3 is 10.4 Å². The zero-order valence-corrected chi connectivity index (χ0v) is 14.4. The fourth-order valence-corrected chi connectivity index (χ4v) is 5.14. The molecule has 120 valence electrons. The Kier molecular flexibility index (Phi) is 6.20. The molecule has 0 saturated carbocycles. The van der Waals surface area contributed by atoms with Crippen molar-refractivity contribution < 1.29 is 14.7 Å². The molecule has 1 unspecified atom stereocenters. The number of carboxylic acids is 1. The fourth-order valence-electron chi connectivity index (χ4n) is 2.28. The van der Waals surface area contributed by atoms with E-state index in [0.717, 1.165) is 11.5 Å². The van der Waals surface area contributed by atoms with Gasteiger partial charge in [-0.15, -0.1) is 23.5 Å². The number of nitrogens with one attached hydrogen (secondary N) is 1. The highest BCUT2D eigenvalue weighted by Gasteiger charge is 2.22. The van der Waals surface area contributed by atoms with Gasteiger partial charge in [-0.3, -0.25) is 4.79 Å². The van der Waals surface area contributed by atoms with Crippen LogP contribution in [0.5, 0.6) is 0 Å². The maximum Gasteiger partial charge on any atom is 0.326 e. The van der Waals surface area contributed by atoms with Crippen LogP contribution in [0.4, 0.5) is 0 Å². The van der Waals surface area contributed by atoms with E-state index < -0.39 is 12.0 Å². The maximum atomic E-state index is 12.2. The average Bonchev–Trinajstić information content (AvgIpc) is 3.00. The van der Waals surface area contributed by atoms with Gasteiger partial charge >= 0.3 is 5.97 Å². The first kappa shape index (κ1) is 17.2. The van der Waals surface area contributed by atoms with Crippen molar-refractivity contribution in [2.24, 2.45) is 5.92 Å². The number of hydrogen-bond acceptors (Lipinski definition) is 4. The number of benzene rings is 1. The summed E-state index contributed by atoms with van der Waals surface area (Å²) in [6, 6.07) is 6.64. The summed E-state index contributed by atoms with van der Waals surface area (Å²) in [5.41, 5.74) is 1.72. The third kappa shape index (κ3) is 4.68. The van der Waals surface area contributed by atoms with Crippen LogP contribution >= 0.6 is 23.5 Å². The van der Waals surface area contributed by atoms with Gasteiger partial charge in [0.25, 0.3) is 5.91 Å². The molecule has 2 rings (SSSR count). The number of carboxylic acid groups (broad SMARTS) is 1. The standard InChI is InChI=1S/C16H21NO3S2/c1-10(2)9-13(15(19)20)17-14(18)11-3-5-12(6-4-11)16-21-7-8-22-16/h3-6,10,13,16H,7-9H2,1-2H3,(H,17,18)(H,19,20). The van der Waals surface area contributed by atoms with Crippen molar-refractivity contribution in [2.75, 3.05) is 11.5 Å². The lowest BCUT2D eigenvalue weighted by Gasteiger charge is -2.16. The smallest absolute Gasteiger partial charge is 0.326 e. The van der Waals surface area contributed by atoms with Crippen molar-refractivity contribution in [3.63, 3.8) is 0 Å². The minimum atomic E-state index is -0.988. The van der Waals surface area contributed by atoms with Crippen molar-refractivity contribution in [3.05, 3.63) is 35.4 Å². The highest BCUT2D eigenvalue weighted by molar-refractivity contribution is 8.19. The predicted octanol–water partition coefficient (Wildman–Crippen LogP) is 3.39. The molecular formula is C16H21NO3S2. The first-order valence-electron chi connectivity index (χ1n) is 7.34. The van der Waals surface area contributed by atoms with E-state index in [9.17, 15) is 14.7 Å². The van der Waals surface area contributed by atoms with Crippen molar-refractivity contribution in [1.82, 2.24) is 5.32 Å². The summed E-state index contributed by atoms with van der Waals surface area (Å²) in [5, 5.41) is 11.8. The van der Waals surface area contributed by atoms with Gasteiger partial charge in [0.2, 0.25) is 0 Å². The molecule has 0 bridgehead atoms. The largest absolute Gasteiger partial charge is 0.480 e. The molecule has 1 aliphatic heterocycles. The maximum absolute atomic E-state index is 12.2. The molecule has 6 heteroatoms. The summed E-state index contributed by atoms with van der Waals surface area (Å²) in [7, 11) is 0. The molecule has 1 amide bonds. The third-order valence-electron chi connectivity index (χ3n) is 3.38. The highest BCUT2D eigenvalue weighted by Crippen LogP contribution is 2.45. The summed E-state index contributed by atoms with van der Waals surface area (Å²) in [6.45, 7) is 3.88. The van der Waals surface area contributed by atoms with E-state index in [4.69, 9.17) is 0 Å². The number of carbonyl (C=O) groups is 2. The Labute approximate surface area is 139 Å². The van der Waals surface area contributed by atoms with Crippen molar-refractivity contribution in [1.29, 1.82) is 0 Å². The van der Waals surface area contributed by atoms with E-state index in [-0.39, 0.29) is 11.8 Å². The van der Waals surface area contributed by atoms with E-state index >= 15 is 0 Å². The second kappa shape index (κ2) is 7.92. The highest BCUT2D eigenvalue weighted by atomic mass is 32.2. The molecule has 1 aromatic rings. The topological polar surface area (TPSA) is 66.4 Å².